The van der Waals surface area contributed by atoms with Crippen molar-refractivity contribution in [1.82, 2.24) is 9.78 Å². The summed E-state index contributed by atoms with van der Waals surface area (Å²) in [5.41, 5.74) is 7.22. The Hall–Kier alpha value is -0.350. The lowest BCUT2D eigenvalue weighted by Gasteiger charge is -2.28. The van der Waals surface area contributed by atoms with E-state index < -0.39 is 0 Å². The summed E-state index contributed by atoms with van der Waals surface area (Å²) >= 11 is 3.59. The van der Waals surface area contributed by atoms with Gasteiger partial charge in [0.15, 0.2) is 0 Å². The van der Waals surface area contributed by atoms with E-state index in [1.54, 1.807) is 0 Å². The second-order valence-corrected chi connectivity index (χ2v) is 5.98. The summed E-state index contributed by atoms with van der Waals surface area (Å²) in [6, 6.07) is 0.201. The molecule has 0 aromatic carbocycles. The minimum Gasteiger partial charge on any atom is -0.328 e. The number of aromatic nitrogens is 2. The van der Waals surface area contributed by atoms with E-state index >= 15 is 0 Å². The Morgan fingerprint density at radius 3 is 2.69 bits per heavy atom. The van der Waals surface area contributed by atoms with Crippen molar-refractivity contribution in [3.05, 3.63) is 16.4 Å². The Bertz CT molecular complexity index is 342. The predicted molar refractivity (Wildman–Crippen MR) is 71.5 cm³/mol. The van der Waals surface area contributed by atoms with Crippen LogP contribution in [-0.2, 0) is 12.0 Å². The summed E-state index contributed by atoms with van der Waals surface area (Å²) in [4.78, 5) is 0. The van der Waals surface area contributed by atoms with Crippen LogP contribution in [0.4, 0.5) is 0 Å². The molecule has 1 aromatic heterocycles. The van der Waals surface area contributed by atoms with Gasteiger partial charge in [-0.05, 0) is 35.7 Å². The van der Waals surface area contributed by atoms with E-state index in [0.717, 1.165) is 23.9 Å². The van der Waals surface area contributed by atoms with E-state index in [0.29, 0.717) is 0 Å². The second-order valence-electron chi connectivity index (χ2n) is 5.13. The van der Waals surface area contributed by atoms with Crippen LogP contribution in [0.25, 0.3) is 0 Å². The van der Waals surface area contributed by atoms with Crippen molar-refractivity contribution in [2.24, 2.45) is 5.73 Å². The maximum atomic E-state index is 5.91. The number of nitrogens with zero attached hydrogens (tertiary/aromatic N) is 2. The van der Waals surface area contributed by atoms with Crippen molar-refractivity contribution in [3.63, 3.8) is 0 Å². The summed E-state index contributed by atoms with van der Waals surface area (Å²) in [6.07, 6.45) is 3.93. The van der Waals surface area contributed by atoms with Gasteiger partial charge in [-0.1, -0.05) is 20.8 Å². The standard InChI is InChI=1S/C12H22BrN3/c1-5-6-16-11(10(13)8-15-16)12(3,4)7-9(2)14/h8-9H,5-7,14H2,1-4H3. The quantitative estimate of drug-likeness (QED) is 0.905. The Balaban J connectivity index is 3.04. The molecular weight excluding hydrogens is 266 g/mol. The Morgan fingerprint density at radius 1 is 1.56 bits per heavy atom. The van der Waals surface area contributed by atoms with Gasteiger partial charge < -0.3 is 5.73 Å². The van der Waals surface area contributed by atoms with Crippen LogP contribution in [0.1, 0.15) is 46.2 Å². The number of hydrogen-bond acceptors (Lipinski definition) is 2. The van der Waals surface area contributed by atoms with Gasteiger partial charge in [0.25, 0.3) is 0 Å². The molecule has 16 heavy (non-hydrogen) atoms. The Kier molecular flexibility index (Phi) is 4.56. The monoisotopic (exact) mass is 287 g/mol. The highest BCUT2D eigenvalue weighted by atomic mass is 79.9. The molecule has 1 heterocycles. The van der Waals surface area contributed by atoms with E-state index in [1.165, 1.54) is 5.69 Å². The van der Waals surface area contributed by atoms with Gasteiger partial charge in [0.2, 0.25) is 0 Å². The first-order valence-electron chi connectivity index (χ1n) is 5.86. The third-order valence-electron chi connectivity index (χ3n) is 2.70. The average Bonchev–Trinajstić information content (AvgIpc) is 2.46. The van der Waals surface area contributed by atoms with E-state index in [-0.39, 0.29) is 11.5 Å². The minimum atomic E-state index is 0.0542. The van der Waals surface area contributed by atoms with Gasteiger partial charge in [-0.3, -0.25) is 4.68 Å². The fraction of sp³-hybridized carbons (Fsp3) is 0.750. The molecule has 0 radical (unpaired) electrons. The van der Waals surface area contributed by atoms with Crippen molar-refractivity contribution >= 4 is 15.9 Å². The number of rotatable bonds is 5. The highest BCUT2D eigenvalue weighted by Crippen LogP contribution is 2.33. The molecule has 0 aliphatic rings. The van der Waals surface area contributed by atoms with Crippen LogP contribution in [0.2, 0.25) is 0 Å². The van der Waals surface area contributed by atoms with Crippen molar-refractivity contribution in [2.45, 2.75) is 58.5 Å². The van der Waals surface area contributed by atoms with E-state index in [2.05, 4.69) is 53.4 Å². The molecule has 0 amide bonds. The smallest absolute Gasteiger partial charge is 0.0635 e. The zero-order valence-electron chi connectivity index (χ0n) is 10.6. The second kappa shape index (κ2) is 5.32. The fourth-order valence-electron chi connectivity index (χ4n) is 2.32. The van der Waals surface area contributed by atoms with Crippen LogP contribution in [0.3, 0.4) is 0 Å². The number of halogens is 1. The third-order valence-corrected chi connectivity index (χ3v) is 3.28. The summed E-state index contributed by atoms with van der Waals surface area (Å²) < 4.78 is 3.18. The van der Waals surface area contributed by atoms with Crippen LogP contribution < -0.4 is 5.73 Å². The summed E-state index contributed by atoms with van der Waals surface area (Å²) in [5.74, 6) is 0. The van der Waals surface area contributed by atoms with Gasteiger partial charge in [-0.2, -0.15) is 5.10 Å². The topological polar surface area (TPSA) is 43.8 Å². The lowest BCUT2D eigenvalue weighted by Crippen LogP contribution is -2.31. The zero-order valence-corrected chi connectivity index (χ0v) is 12.2. The van der Waals surface area contributed by atoms with Gasteiger partial charge in [-0.15, -0.1) is 0 Å². The first kappa shape index (κ1) is 13.7. The Labute approximate surface area is 107 Å². The summed E-state index contributed by atoms with van der Waals surface area (Å²) in [5, 5.41) is 4.41. The molecule has 0 spiro atoms. The summed E-state index contributed by atoms with van der Waals surface area (Å²) in [6.45, 7) is 9.63. The molecule has 1 atom stereocenters. The largest absolute Gasteiger partial charge is 0.328 e. The molecule has 92 valence electrons. The fourth-order valence-corrected chi connectivity index (χ4v) is 3.15. The van der Waals surface area contributed by atoms with Crippen LogP contribution in [0.5, 0.6) is 0 Å². The van der Waals surface area contributed by atoms with Gasteiger partial charge in [0, 0.05) is 18.0 Å². The van der Waals surface area contributed by atoms with E-state index in [1.807, 2.05) is 6.20 Å². The molecule has 1 aromatic rings. The molecule has 4 heteroatoms. The molecule has 0 fully saturated rings. The van der Waals surface area contributed by atoms with Crippen LogP contribution in [0.15, 0.2) is 10.7 Å². The van der Waals surface area contributed by atoms with E-state index in [9.17, 15) is 0 Å². The molecule has 1 unspecified atom stereocenters. The molecule has 2 N–H and O–H groups in total. The molecule has 0 bridgehead atoms. The molecule has 3 nitrogen and oxygen atoms in total. The molecule has 1 rings (SSSR count). The van der Waals surface area contributed by atoms with Crippen molar-refractivity contribution in [3.8, 4) is 0 Å². The zero-order chi connectivity index (χ0) is 12.3. The molecule has 0 aliphatic heterocycles. The lowest BCUT2D eigenvalue weighted by atomic mass is 9.83. The van der Waals surface area contributed by atoms with Gasteiger partial charge in [-0.25, -0.2) is 0 Å². The molecular formula is C12H22BrN3. The van der Waals surface area contributed by atoms with Gasteiger partial charge in [0.05, 0.1) is 16.4 Å². The van der Waals surface area contributed by atoms with Gasteiger partial charge in [0.1, 0.15) is 0 Å². The highest BCUT2D eigenvalue weighted by molar-refractivity contribution is 9.10. The van der Waals surface area contributed by atoms with Gasteiger partial charge >= 0.3 is 0 Å². The van der Waals surface area contributed by atoms with Crippen LogP contribution in [-0.4, -0.2) is 15.8 Å². The number of nitrogens with two attached hydrogens (primary N) is 1. The lowest BCUT2D eigenvalue weighted by molar-refractivity contribution is 0.393. The minimum absolute atomic E-state index is 0.0542. The number of aryl methyl sites for hydroxylation is 1. The van der Waals surface area contributed by atoms with Crippen molar-refractivity contribution < 1.29 is 0 Å². The average molecular weight is 288 g/mol. The van der Waals surface area contributed by atoms with Crippen molar-refractivity contribution in [1.29, 1.82) is 0 Å². The highest BCUT2D eigenvalue weighted by Gasteiger charge is 2.28. The molecule has 0 aliphatic carbocycles. The van der Waals surface area contributed by atoms with Crippen LogP contribution in [0, 0.1) is 0 Å². The summed E-state index contributed by atoms with van der Waals surface area (Å²) in [7, 11) is 0. The number of hydrogen-bond donors (Lipinski definition) is 1. The first-order chi connectivity index (χ1) is 7.38. The van der Waals surface area contributed by atoms with Crippen LogP contribution >= 0.6 is 15.9 Å². The molecule has 0 saturated carbocycles. The molecule has 0 saturated heterocycles. The maximum absolute atomic E-state index is 5.91. The van der Waals surface area contributed by atoms with E-state index in [4.69, 9.17) is 5.73 Å². The Morgan fingerprint density at radius 2 is 2.19 bits per heavy atom. The SMILES string of the molecule is CCCn1ncc(Br)c1C(C)(C)CC(C)N. The normalized spacial score (nSPS) is 14.1. The first-order valence-corrected chi connectivity index (χ1v) is 6.65. The predicted octanol–water partition coefficient (Wildman–Crippen LogP) is 3.07. The maximum Gasteiger partial charge on any atom is 0.0635 e. The third kappa shape index (κ3) is 3.08. The van der Waals surface area contributed by atoms with Crippen molar-refractivity contribution in [2.75, 3.05) is 0 Å².